The summed E-state index contributed by atoms with van der Waals surface area (Å²) in [6.45, 7) is 2.31. The molecule has 0 amide bonds. The van der Waals surface area contributed by atoms with E-state index in [1.165, 1.54) is 17.4 Å². The van der Waals surface area contributed by atoms with Crippen LogP contribution in [-0.4, -0.2) is 5.78 Å². The molecule has 1 aromatic carbocycles. The predicted octanol–water partition coefficient (Wildman–Crippen LogP) is 5.89. The maximum atomic E-state index is 12.0. The van der Waals surface area contributed by atoms with E-state index in [-0.39, 0.29) is 5.78 Å². The van der Waals surface area contributed by atoms with Gasteiger partial charge in [-0.2, -0.15) is 0 Å². The van der Waals surface area contributed by atoms with Gasteiger partial charge in [0.25, 0.3) is 0 Å². The number of aryl methyl sites for hydroxylation is 1. The van der Waals surface area contributed by atoms with Crippen molar-refractivity contribution >= 4 is 39.1 Å². The third kappa shape index (κ3) is 4.24. The maximum Gasteiger partial charge on any atom is 0.195 e. The van der Waals surface area contributed by atoms with Crippen LogP contribution in [0.15, 0.2) is 63.5 Å². The second-order valence-corrected chi connectivity index (χ2v) is 7.27. The molecular weight excluding hydrogens is 388 g/mol. The Kier molecular flexibility index (Phi) is 5.33. The fraction of sp³-hybridized carbons (Fsp3) is 0.105. The van der Waals surface area contributed by atoms with Gasteiger partial charge < -0.3 is 9.15 Å². The molecule has 0 spiro atoms. The van der Waals surface area contributed by atoms with Crippen molar-refractivity contribution in [1.29, 1.82) is 0 Å². The van der Waals surface area contributed by atoms with Gasteiger partial charge in [-0.1, -0.05) is 12.1 Å². The van der Waals surface area contributed by atoms with E-state index >= 15 is 0 Å². The van der Waals surface area contributed by atoms with E-state index < -0.39 is 0 Å². The molecule has 0 fully saturated rings. The van der Waals surface area contributed by atoms with Crippen molar-refractivity contribution in [3.8, 4) is 5.75 Å². The highest BCUT2D eigenvalue weighted by Crippen LogP contribution is 2.25. The number of furan rings is 1. The van der Waals surface area contributed by atoms with Gasteiger partial charge in [0, 0.05) is 4.88 Å². The second kappa shape index (κ2) is 7.64. The van der Waals surface area contributed by atoms with Crippen molar-refractivity contribution < 1.29 is 13.9 Å². The van der Waals surface area contributed by atoms with Gasteiger partial charge in [-0.25, -0.2) is 0 Å². The SMILES string of the molecule is Cc1ccc(C(=O)/C=C/c2ccc(COc3ccccc3Br)o2)s1. The summed E-state index contributed by atoms with van der Waals surface area (Å²) in [6.07, 6.45) is 3.21. The topological polar surface area (TPSA) is 39.4 Å². The number of hydrogen-bond acceptors (Lipinski definition) is 4. The van der Waals surface area contributed by atoms with Crippen LogP contribution >= 0.6 is 27.3 Å². The zero-order valence-electron chi connectivity index (χ0n) is 13.0. The zero-order chi connectivity index (χ0) is 16.9. The minimum Gasteiger partial charge on any atom is -0.484 e. The molecule has 122 valence electrons. The largest absolute Gasteiger partial charge is 0.484 e. The quantitative estimate of drug-likeness (QED) is 0.381. The molecule has 0 atom stereocenters. The summed E-state index contributed by atoms with van der Waals surface area (Å²) in [6, 6.07) is 15.1. The van der Waals surface area contributed by atoms with Gasteiger partial charge in [-0.05, 0) is 71.4 Å². The van der Waals surface area contributed by atoms with Crippen molar-refractivity contribution in [3.05, 3.63) is 80.4 Å². The summed E-state index contributed by atoms with van der Waals surface area (Å²) in [5.41, 5.74) is 0. The molecule has 2 aromatic heterocycles. The molecular formula is C19H15BrO3S. The first-order valence-corrected chi connectivity index (χ1v) is 8.97. The van der Waals surface area contributed by atoms with Crippen LogP contribution in [0.25, 0.3) is 6.08 Å². The highest BCUT2D eigenvalue weighted by atomic mass is 79.9. The molecule has 3 nitrogen and oxygen atoms in total. The van der Waals surface area contributed by atoms with E-state index in [1.54, 1.807) is 6.08 Å². The summed E-state index contributed by atoms with van der Waals surface area (Å²) in [5.74, 6) is 2.07. The van der Waals surface area contributed by atoms with E-state index in [9.17, 15) is 4.79 Å². The number of benzene rings is 1. The molecule has 0 aliphatic rings. The smallest absolute Gasteiger partial charge is 0.195 e. The molecule has 0 unspecified atom stereocenters. The summed E-state index contributed by atoms with van der Waals surface area (Å²) in [5, 5.41) is 0. The van der Waals surface area contributed by atoms with Gasteiger partial charge in [0.2, 0.25) is 0 Å². The molecule has 0 radical (unpaired) electrons. The van der Waals surface area contributed by atoms with Crippen molar-refractivity contribution in [1.82, 2.24) is 0 Å². The van der Waals surface area contributed by atoms with E-state index in [2.05, 4.69) is 15.9 Å². The molecule has 3 rings (SSSR count). The van der Waals surface area contributed by atoms with E-state index in [1.807, 2.05) is 55.5 Å². The Morgan fingerprint density at radius 3 is 2.79 bits per heavy atom. The predicted molar refractivity (Wildman–Crippen MR) is 99.6 cm³/mol. The standard InChI is InChI=1S/C19H15BrO3S/c1-13-6-11-19(24-13)17(21)10-9-14-7-8-15(23-14)12-22-18-5-3-2-4-16(18)20/h2-11H,12H2,1H3/b10-9+. The fourth-order valence-corrected chi connectivity index (χ4v) is 3.27. The number of allylic oxidation sites excluding steroid dienone is 1. The number of thiophene rings is 1. The number of halogens is 1. The number of ether oxygens (including phenoxy) is 1. The lowest BCUT2D eigenvalue weighted by molar-refractivity contribution is 0.105. The molecule has 0 N–H and O–H groups in total. The highest BCUT2D eigenvalue weighted by molar-refractivity contribution is 9.10. The van der Waals surface area contributed by atoms with Crippen molar-refractivity contribution in [2.24, 2.45) is 0 Å². The Morgan fingerprint density at radius 1 is 1.21 bits per heavy atom. The molecule has 0 aliphatic carbocycles. The Balaban J connectivity index is 1.60. The van der Waals surface area contributed by atoms with Gasteiger partial charge in [-0.3, -0.25) is 4.79 Å². The highest BCUT2D eigenvalue weighted by Gasteiger charge is 2.06. The average Bonchev–Trinajstić information content (AvgIpc) is 3.21. The summed E-state index contributed by atoms with van der Waals surface area (Å²) < 4.78 is 12.3. The fourth-order valence-electron chi connectivity index (χ4n) is 2.08. The van der Waals surface area contributed by atoms with Gasteiger partial charge in [0.15, 0.2) is 5.78 Å². The van der Waals surface area contributed by atoms with Crippen LogP contribution in [0.3, 0.4) is 0 Å². The minimum absolute atomic E-state index is 0.0180. The molecule has 0 bridgehead atoms. The average molecular weight is 403 g/mol. The Hall–Kier alpha value is -2.11. The summed E-state index contributed by atoms with van der Waals surface area (Å²) >= 11 is 4.92. The van der Waals surface area contributed by atoms with Crippen molar-refractivity contribution in [3.63, 3.8) is 0 Å². The van der Waals surface area contributed by atoms with Crippen LogP contribution < -0.4 is 4.74 Å². The lowest BCUT2D eigenvalue weighted by Gasteiger charge is -2.05. The summed E-state index contributed by atoms with van der Waals surface area (Å²) in [4.78, 5) is 13.9. The molecule has 0 saturated heterocycles. The third-order valence-corrected chi connectivity index (χ3v) is 4.94. The lowest BCUT2D eigenvalue weighted by atomic mass is 10.3. The van der Waals surface area contributed by atoms with Crippen molar-refractivity contribution in [2.45, 2.75) is 13.5 Å². The lowest BCUT2D eigenvalue weighted by Crippen LogP contribution is -1.94. The van der Waals surface area contributed by atoms with Crippen LogP contribution in [0.4, 0.5) is 0 Å². The minimum atomic E-state index is -0.0180. The Labute approximate surface area is 152 Å². The Bertz CT molecular complexity index is 876. The van der Waals surface area contributed by atoms with Crippen LogP contribution in [0.2, 0.25) is 0 Å². The number of para-hydroxylation sites is 1. The second-order valence-electron chi connectivity index (χ2n) is 5.13. The first-order valence-electron chi connectivity index (χ1n) is 7.37. The molecule has 3 aromatic rings. The monoisotopic (exact) mass is 402 g/mol. The van der Waals surface area contributed by atoms with E-state index in [4.69, 9.17) is 9.15 Å². The van der Waals surface area contributed by atoms with Gasteiger partial charge in [-0.15, -0.1) is 11.3 Å². The number of rotatable bonds is 6. The van der Waals surface area contributed by atoms with Crippen LogP contribution in [0.5, 0.6) is 5.75 Å². The maximum absolute atomic E-state index is 12.0. The van der Waals surface area contributed by atoms with E-state index in [0.717, 1.165) is 20.0 Å². The molecule has 2 heterocycles. The number of carbonyl (C=O) groups excluding carboxylic acids is 1. The van der Waals surface area contributed by atoms with Gasteiger partial charge >= 0.3 is 0 Å². The van der Waals surface area contributed by atoms with Crippen LogP contribution in [-0.2, 0) is 6.61 Å². The van der Waals surface area contributed by atoms with E-state index in [0.29, 0.717) is 18.1 Å². The first kappa shape index (κ1) is 16.7. The molecule has 24 heavy (non-hydrogen) atoms. The van der Waals surface area contributed by atoms with Crippen LogP contribution in [0.1, 0.15) is 26.1 Å². The van der Waals surface area contributed by atoms with Crippen molar-refractivity contribution in [2.75, 3.05) is 0 Å². The summed E-state index contributed by atoms with van der Waals surface area (Å²) in [7, 11) is 0. The Morgan fingerprint density at radius 2 is 2.04 bits per heavy atom. The van der Waals surface area contributed by atoms with Gasteiger partial charge in [0.1, 0.15) is 23.9 Å². The first-order chi connectivity index (χ1) is 11.6. The number of hydrogen-bond donors (Lipinski definition) is 0. The third-order valence-electron chi connectivity index (χ3n) is 3.27. The van der Waals surface area contributed by atoms with Gasteiger partial charge in [0.05, 0.1) is 9.35 Å². The number of ketones is 1. The van der Waals surface area contributed by atoms with Crippen LogP contribution in [0, 0.1) is 6.92 Å². The molecule has 5 heteroatoms. The normalized spacial score (nSPS) is 11.1. The number of carbonyl (C=O) groups is 1. The molecule has 0 aliphatic heterocycles. The molecule has 0 saturated carbocycles. The zero-order valence-corrected chi connectivity index (χ0v) is 15.4.